The standard InChI is InChI=1S/C23H22N4O2S/c1-16(18-6-8-21(9-7-18)27-11-10-24-15-27)25-23(28)19-4-3-5-22(12-19)29-13-20-14-30-17(2)26-20/h3-12,14-16H,13H2,1-2H3,(H,25,28). The van der Waals surface area contributed by atoms with Crippen LogP contribution in [0.15, 0.2) is 72.6 Å². The van der Waals surface area contributed by atoms with Gasteiger partial charge in [-0.25, -0.2) is 9.97 Å². The number of carbonyl (C=O) groups excluding carboxylic acids is 1. The summed E-state index contributed by atoms with van der Waals surface area (Å²) < 4.78 is 7.73. The van der Waals surface area contributed by atoms with Crippen LogP contribution in [0.2, 0.25) is 0 Å². The first-order chi connectivity index (χ1) is 14.6. The van der Waals surface area contributed by atoms with E-state index in [9.17, 15) is 4.79 Å². The van der Waals surface area contributed by atoms with Gasteiger partial charge in [0.1, 0.15) is 12.4 Å². The van der Waals surface area contributed by atoms with Crippen molar-refractivity contribution in [1.29, 1.82) is 0 Å². The Labute approximate surface area is 179 Å². The zero-order chi connectivity index (χ0) is 20.9. The summed E-state index contributed by atoms with van der Waals surface area (Å²) in [5.41, 5.74) is 3.50. The number of ether oxygens (including phenoxy) is 1. The van der Waals surface area contributed by atoms with E-state index in [1.54, 1.807) is 36.0 Å². The number of nitrogens with zero attached hydrogens (tertiary/aromatic N) is 3. The van der Waals surface area contributed by atoms with Crippen LogP contribution in [0.4, 0.5) is 0 Å². The number of rotatable bonds is 7. The molecule has 1 amide bonds. The van der Waals surface area contributed by atoms with E-state index in [1.807, 2.05) is 66.4 Å². The van der Waals surface area contributed by atoms with Gasteiger partial charge in [-0.1, -0.05) is 18.2 Å². The average molecular weight is 419 g/mol. The highest BCUT2D eigenvalue weighted by Gasteiger charge is 2.13. The second-order valence-corrected chi connectivity index (χ2v) is 7.99. The van der Waals surface area contributed by atoms with Crippen molar-refractivity contribution in [3.63, 3.8) is 0 Å². The topological polar surface area (TPSA) is 69.0 Å². The number of aromatic nitrogens is 3. The molecule has 0 saturated carbocycles. The molecule has 0 saturated heterocycles. The first-order valence-corrected chi connectivity index (χ1v) is 10.5. The maximum atomic E-state index is 12.7. The highest BCUT2D eigenvalue weighted by atomic mass is 32.1. The largest absolute Gasteiger partial charge is 0.487 e. The van der Waals surface area contributed by atoms with Crippen molar-refractivity contribution < 1.29 is 9.53 Å². The number of hydrogen-bond donors (Lipinski definition) is 1. The van der Waals surface area contributed by atoms with Gasteiger partial charge in [0.05, 0.1) is 23.1 Å². The molecular weight excluding hydrogens is 396 g/mol. The van der Waals surface area contributed by atoms with Crippen molar-refractivity contribution >= 4 is 17.2 Å². The summed E-state index contributed by atoms with van der Waals surface area (Å²) in [7, 11) is 0. The molecule has 4 aromatic rings. The van der Waals surface area contributed by atoms with Gasteiger partial charge >= 0.3 is 0 Å². The first kappa shape index (κ1) is 19.8. The molecule has 1 N–H and O–H groups in total. The molecular formula is C23H22N4O2S. The summed E-state index contributed by atoms with van der Waals surface area (Å²) >= 11 is 1.59. The molecule has 2 aromatic carbocycles. The van der Waals surface area contributed by atoms with Crippen molar-refractivity contribution in [3.8, 4) is 11.4 Å². The lowest BCUT2D eigenvalue weighted by Crippen LogP contribution is -2.26. The highest BCUT2D eigenvalue weighted by Crippen LogP contribution is 2.19. The van der Waals surface area contributed by atoms with E-state index in [2.05, 4.69) is 15.3 Å². The summed E-state index contributed by atoms with van der Waals surface area (Å²) in [5.74, 6) is 0.502. The predicted octanol–water partition coefficient (Wildman–Crippen LogP) is 4.71. The van der Waals surface area contributed by atoms with Crippen molar-refractivity contribution in [2.75, 3.05) is 0 Å². The van der Waals surface area contributed by atoms with E-state index < -0.39 is 0 Å². The first-order valence-electron chi connectivity index (χ1n) is 9.61. The molecule has 6 nitrogen and oxygen atoms in total. The fourth-order valence-corrected chi connectivity index (χ4v) is 3.67. The van der Waals surface area contributed by atoms with Gasteiger partial charge in [0.2, 0.25) is 0 Å². The van der Waals surface area contributed by atoms with Crippen LogP contribution in [-0.4, -0.2) is 20.4 Å². The third kappa shape index (κ3) is 4.75. The van der Waals surface area contributed by atoms with Crippen LogP contribution in [0.3, 0.4) is 0 Å². The van der Waals surface area contributed by atoms with Gasteiger partial charge in [-0.2, -0.15) is 0 Å². The zero-order valence-electron chi connectivity index (χ0n) is 16.8. The van der Waals surface area contributed by atoms with E-state index in [1.165, 1.54) is 0 Å². The lowest BCUT2D eigenvalue weighted by atomic mass is 10.1. The Bertz CT molecular complexity index is 1120. The minimum absolute atomic E-state index is 0.128. The number of imidazole rings is 1. The molecule has 4 rings (SSSR count). The van der Waals surface area contributed by atoms with Crippen LogP contribution in [0.5, 0.6) is 5.75 Å². The molecule has 0 fully saturated rings. The number of benzene rings is 2. The Balaban J connectivity index is 1.38. The molecule has 0 spiro atoms. The van der Waals surface area contributed by atoms with Gasteiger partial charge in [-0.05, 0) is 49.7 Å². The van der Waals surface area contributed by atoms with Gasteiger partial charge < -0.3 is 14.6 Å². The van der Waals surface area contributed by atoms with Gasteiger partial charge in [-0.15, -0.1) is 11.3 Å². The van der Waals surface area contributed by atoms with E-state index in [0.29, 0.717) is 17.9 Å². The van der Waals surface area contributed by atoms with Crippen molar-refractivity contribution in [2.24, 2.45) is 0 Å². The minimum atomic E-state index is -0.142. The van der Waals surface area contributed by atoms with E-state index in [-0.39, 0.29) is 11.9 Å². The van der Waals surface area contributed by atoms with Crippen LogP contribution in [0.1, 0.15) is 39.6 Å². The SMILES string of the molecule is Cc1nc(COc2cccc(C(=O)NC(C)c3ccc(-n4ccnc4)cc3)c2)cs1. The summed E-state index contributed by atoms with van der Waals surface area (Å²) in [6.07, 6.45) is 5.39. The van der Waals surface area contributed by atoms with Gasteiger partial charge in [0.15, 0.2) is 0 Å². The van der Waals surface area contributed by atoms with Gasteiger partial charge in [0, 0.05) is 29.0 Å². The van der Waals surface area contributed by atoms with Crippen LogP contribution in [0, 0.1) is 6.92 Å². The van der Waals surface area contributed by atoms with Crippen molar-refractivity contribution in [1.82, 2.24) is 19.9 Å². The molecule has 0 aliphatic heterocycles. The average Bonchev–Trinajstić information content (AvgIpc) is 3.44. The number of amides is 1. The molecule has 1 unspecified atom stereocenters. The molecule has 0 radical (unpaired) electrons. The molecule has 30 heavy (non-hydrogen) atoms. The lowest BCUT2D eigenvalue weighted by Gasteiger charge is -2.15. The molecule has 0 aliphatic carbocycles. The highest BCUT2D eigenvalue weighted by molar-refractivity contribution is 7.09. The lowest BCUT2D eigenvalue weighted by molar-refractivity contribution is 0.0939. The fraction of sp³-hybridized carbons (Fsp3) is 0.174. The normalized spacial score (nSPS) is 11.8. The molecule has 0 aliphatic rings. The van der Waals surface area contributed by atoms with Crippen LogP contribution < -0.4 is 10.1 Å². The van der Waals surface area contributed by atoms with Crippen LogP contribution in [0.25, 0.3) is 5.69 Å². The monoisotopic (exact) mass is 418 g/mol. The number of aryl methyl sites for hydroxylation is 1. The molecule has 7 heteroatoms. The Morgan fingerprint density at radius 3 is 2.77 bits per heavy atom. The number of hydrogen-bond acceptors (Lipinski definition) is 5. The molecule has 1 atom stereocenters. The minimum Gasteiger partial charge on any atom is -0.487 e. The van der Waals surface area contributed by atoms with Gasteiger partial charge in [-0.3, -0.25) is 4.79 Å². The molecule has 0 bridgehead atoms. The van der Waals surface area contributed by atoms with Crippen molar-refractivity contribution in [2.45, 2.75) is 26.5 Å². The Hall–Kier alpha value is -3.45. The second-order valence-electron chi connectivity index (χ2n) is 6.93. The summed E-state index contributed by atoms with van der Waals surface area (Å²) in [4.78, 5) is 21.2. The van der Waals surface area contributed by atoms with E-state index in [4.69, 9.17) is 4.74 Å². The zero-order valence-corrected chi connectivity index (χ0v) is 17.6. The molecule has 152 valence electrons. The molecule has 2 heterocycles. The summed E-state index contributed by atoms with van der Waals surface area (Å²) in [5, 5.41) is 6.03. The smallest absolute Gasteiger partial charge is 0.251 e. The Morgan fingerprint density at radius 1 is 1.23 bits per heavy atom. The number of nitrogens with one attached hydrogen (secondary N) is 1. The fourth-order valence-electron chi connectivity index (χ4n) is 3.07. The molecule has 2 aromatic heterocycles. The summed E-state index contributed by atoms with van der Waals surface area (Å²) in [6.45, 7) is 4.32. The predicted molar refractivity (Wildman–Crippen MR) is 117 cm³/mol. The maximum absolute atomic E-state index is 12.7. The number of thiazole rings is 1. The van der Waals surface area contributed by atoms with Crippen LogP contribution in [-0.2, 0) is 6.61 Å². The van der Waals surface area contributed by atoms with E-state index in [0.717, 1.165) is 22.0 Å². The third-order valence-corrected chi connectivity index (χ3v) is 5.52. The Kier molecular flexibility index (Phi) is 5.90. The second kappa shape index (κ2) is 8.92. The van der Waals surface area contributed by atoms with Crippen LogP contribution >= 0.6 is 11.3 Å². The van der Waals surface area contributed by atoms with Crippen molar-refractivity contribution in [3.05, 3.63) is 94.5 Å². The Morgan fingerprint density at radius 2 is 2.07 bits per heavy atom. The summed E-state index contributed by atoms with van der Waals surface area (Å²) in [6, 6.07) is 15.1. The third-order valence-electron chi connectivity index (χ3n) is 4.69. The maximum Gasteiger partial charge on any atom is 0.251 e. The van der Waals surface area contributed by atoms with E-state index >= 15 is 0 Å². The quantitative estimate of drug-likeness (QED) is 0.472. The number of carbonyl (C=O) groups is 1. The van der Waals surface area contributed by atoms with Gasteiger partial charge in [0.25, 0.3) is 5.91 Å².